The van der Waals surface area contributed by atoms with Crippen molar-refractivity contribution in [3.8, 4) is 0 Å². The van der Waals surface area contributed by atoms with Crippen LogP contribution in [-0.4, -0.2) is 32.0 Å². The monoisotopic (exact) mass is 269 g/mol. The summed E-state index contributed by atoms with van der Waals surface area (Å²) in [4.78, 5) is 0. The standard InChI is InChI=1S/C14H20ClNO2/c1-4-18-13-8-12(14(13)17-3)16-11-6-5-9(2)7-10(11)15/h5-7,12-14,16H,4,8H2,1-3H3. The molecule has 0 heterocycles. The molecule has 1 aliphatic rings. The molecule has 1 aliphatic carbocycles. The van der Waals surface area contributed by atoms with E-state index in [1.54, 1.807) is 7.11 Å². The Bertz CT molecular complexity index is 411. The Balaban J connectivity index is 1.98. The maximum absolute atomic E-state index is 6.21. The first kappa shape index (κ1) is 13.7. The van der Waals surface area contributed by atoms with Crippen molar-refractivity contribution in [1.29, 1.82) is 0 Å². The summed E-state index contributed by atoms with van der Waals surface area (Å²) in [5.41, 5.74) is 2.12. The predicted octanol–water partition coefficient (Wildman–Crippen LogP) is 3.25. The number of anilines is 1. The number of rotatable bonds is 5. The van der Waals surface area contributed by atoms with Crippen LogP contribution < -0.4 is 5.32 Å². The molecule has 3 unspecified atom stereocenters. The zero-order valence-corrected chi connectivity index (χ0v) is 11.8. The fourth-order valence-corrected chi connectivity index (χ4v) is 2.64. The lowest BCUT2D eigenvalue weighted by Gasteiger charge is -2.43. The highest BCUT2D eigenvalue weighted by Gasteiger charge is 2.42. The van der Waals surface area contributed by atoms with E-state index >= 15 is 0 Å². The molecule has 0 amide bonds. The molecule has 1 aromatic rings. The van der Waals surface area contributed by atoms with Crippen LogP contribution in [0.4, 0.5) is 5.69 Å². The summed E-state index contributed by atoms with van der Waals surface area (Å²) in [6, 6.07) is 6.30. The number of hydrogen-bond acceptors (Lipinski definition) is 3. The zero-order chi connectivity index (χ0) is 13.1. The van der Waals surface area contributed by atoms with Crippen LogP contribution in [0.2, 0.25) is 5.02 Å². The van der Waals surface area contributed by atoms with E-state index in [4.69, 9.17) is 21.1 Å². The van der Waals surface area contributed by atoms with Gasteiger partial charge in [0.15, 0.2) is 0 Å². The minimum Gasteiger partial charge on any atom is -0.378 e. The Labute approximate surface area is 113 Å². The molecule has 0 radical (unpaired) electrons. The largest absolute Gasteiger partial charge is 0.378 e. The van der Waals surface area contributed by atoms with Gasteiger partial charge in [0.1, 0.15) is 6.10 Å². The molecular formula is C14H20ClNO2. The van der Waals surface area contributed by atoms with Crippen LogP contribution in [0.5, 0.6) is 0 Å². The van der Waals surface area contributed by atoms with Gasteiger partial charge in [-0.25, -0.2) is 0 Å². The van der Waals surface area contributed by atoms with E-state index in [1.165, 1.54) is 0 Å². The van der Waals surface area contributed by atoms with Crippen LogP contribution in [0.3, 0.4) is 0 Å². The first-order chi connectivity index (χ1) is 8.65. The molecule has 0 aromatic heterocycles. The smallest absolute Gasteiger partial charge is 0.103 e. The third-order valence-corrected chi connectivity index (χ3v) is 3.68. The van der Waals surface area contributed by atoms with Gasteiger partial charge in [0.05, 0.1) is 22.9 Å². The summed E-state index contributed by atoms with van der Waals surface area (Å²) in [5, 5.41) is 4.18. The lowest BCUT2D eigenvalue weighted by molar-refractivity contribution is -0.118. The topological polar surface area (TPSA) is 30.5 Å². The molecule has 0 aliphatic heterocycles. The fourth-order valence-electron chi connectivity index (χ4n) is 2.35. The van der Waals surface area contributed by atoms with E-state index in [-0.39, 0.29) is 18.2 Å². The van der Waals surface area contributed by atoms with Gasteiger partial charge in [0.2, 0.25) is 0 Å². The van der Waals surface area contributed by atoms with Crippen molar-refractivity contribution < 1.29 is 9.47 Å². The Morgan fingerprint density at radius 3 is 2.83 bits per heavy atom. The van der Waals surface area contributed by atoms with Gasteiger partial charge in [-0.05, 0) is 38.0 Å². The Kier molecular flexibility index (Phi) is 4.49. The van der Waals surface area contributed by atoms with Crippen molar-refractivity contribution in [3.63, 3.8) is 0 Å². The molecule has 3 nitrogen and oxygen atoms in total. The number of halogens is 1. The SMILES string of the molecule is CCOC1CC(Nc2ccc(C)cc2Cl)C1OC. The number of ether oxygens (including phenoxy) is 2. The highest BCUT2D eigenvalue weighted by atomic mass is 35.5. The van der Waals surface area contributed by atoms with Crippen molar-refractivity contribution in [2.75, 3.05) is 19.0 Å². The molecule has 1 aromatic carbocycles. The summed E-state index contributed by atoms with van der Waals surface area (Å²) in [5.74, 6) is 0. The van der Waals surface area contributed by atoms with E-state index in [0.717, 1.165) is 29.3 Å². The first-order valence-electron chi connectivity index (χ1n) is 6.32. The maximum Gasteiger partial charge on any atom is 0.103 e. The average Bonchev–Trinajstić information content (AvgIpc) is 2.31. The molecule has 1 fully saturated rings. The minimum absolute atomic E-state index is 0.0994. The van der Waals surface area contributed by atoms with Crippen LogP contribution >= 0.6 is 11.6 Å². The summed E-state index contributed by atoms with van der Waals surface area (Å²) < 4.78 is 11.1. The van der Waals surface area contributed by atoms with Crippen LogP contribution in [0.15, 0.2) is 18.2 Å². The molecular weight excluding hydrogens is 250 g/mol. The number of aryl methyl sites for hydroxylation is 1. The van der Waals surface area contributed by atoms with Gasteiger partial charge < -0.3 is 14.8 Å². The number of methoxy groups -OCH3 is 1. The average molecular weight is 270 g/mol. The van der Waals surface area contributed by atoms with Gasteiger partial charge in [-0.1, -0.05) is 17.7 Å². The number of hydrogen-bond donors (Lipinski definition) is 1. The molecule has 4 heteroatoms. The summed E-state index contributed by atoms with van der Waals surface area (Å²) >= 11 is 6.21. The molecule has 100 valence electrons. The molecule has 0 spiro atoms. The second-order valence-corrected chi connectivity index (χ2v) is 5.07. The van der Waals surface area contributed by atoms with Gasteiger partial charge in [0, 0.05) is 13.7 Å². The Hall–Kier alpha value is -0.770. The molecule has 0 bridgehead atoms. The summed E-state index contributed by atoms with van der Waals surface area (Å²) in [7, 11) is 1.72. The van der Waals surface area contributed by atoms with Crippen LogP contribution in [-0.2, 0) is 9.47 Å². The highest BCUT2D eigenvalue weighted by Crippen LogP contribution is 2.32. The molecule has 1 saturated carbocycles. The highest BCUT2D eigenvalue weighted by molar-refractivity contribution is 6.33. The van der Waals surface area contributed by atoms with E-state index in [0.29, 0.717) is 0 Å². The normalized spacial score (nSPS) is 26.8. The summed E-state index contributed by atoms with van der Waals surface area (Å²) in [6.45, 7) is 4.76. The van der Waals surface area contributed by atoms with E-state index in [1.807, 2.05) is 26.0 Å². The molecule has 3 atom stereocenters. The van der Waals surface area contributed by atoms with Gasteiger partial charge >= 0.3 is 0 Å². The first-order valence-corrected chi connectivity index (χ1v) is 6.70. The molecule has 18 heavy (non-hydrogen) atoms. The van der Waals surface area contributed by atoms with Crippen molar-refractivity contribution in [2.24, 2.45) is 0 Å². The number of benzene rings is 1. The summed E-state index contributed by atoms with van der Waals surface area (Å²) in [6.07, 6.45) is 1.25. The molecule has 1 N–H and O–H groups in total. The Morgan fingerprint density at radius 2 is 2.22 bits per heavy atom. The lowest BCUT2D eigenvalue weighted by atomic mass is 9.85. The second kappa shape index (κ2) is 5.91. The van der Waals surface area contributed by atoms with Crippen LogP contribution in [0.1, 0.15) is 18.9 Å². The van der Waals surface area contributed by atoms with Crippen molar-refractivity contribution in [2.45, 2.75) is 38.5 Å². The Morgan fingerprint density at radius 1 is 1.44 bits per heavy atom. The lowest BCUT2D eigenvalue weighted by Crippen LogP contribution is -2.56. The minimum atomic E-state index is 0.0994. The fraction of sp³-hybridized carbons (Fsp3) is 0.571. The van der Waals surface area contributed by atoms with Crippen molar-refractivity contribution in [1.82, 2.24) is 0 Å². The number of nitrogens with one attached hydrogen (secondary N) is 1. The van der Waals surface area contributed by atoms with Gasteiger partial charge in [-0.3, -0.25) is 0 Å². The van der Waals surface area contributed by atoms with Gasteiger partial charge in [0.25, 0.3) is 0 Å². The van der Waals surface area contributed by atoms with E-state index in [2.05, 4.69) is 11.4 Å². The van der Waals surface area contributed by atoms with Crippen LogP contribution in [0.25, 0.3) is 0 Å². The molecule has 0 saturated heterocycles. The molecule has 2 rings (SSSR count). The quantitative estimate of drug-likeness (QED) is 0.890. The third-order valence-electron chi connectivity index (χ3n) is 3.37. The van der Waals surface area contributed by atoms with Crippen LogP contribution in [0, 0.1) is 6.92 Å². The zero-order valence-electron chi connectivity index (χ0n) is 11.1. The van der Waals surface area contributed by atoms with Gasteiger partial charge in [-0.2, -0.15) is 0 Å². The predicted molar refractivity (Wildman–Crippen MR) is 74.4 cm³/mol. The van der Waals surface area contributed by atoms with E-state index < -0.39 is 0 Å². The van der Waals surface area contributed by atoms with Crippen molar-refractivity contribution in [3.05, 3.63) is 28.8 Å². The van der Waals surface area contributed by atoms with Gasteiger partial charge in [-0.15, -0.1) is 0 Å². The second-order valence-electron chi connectivity index (χ2n) is 4.66. The third kappa shape index (κ3) is 2.79. The maximum atomic E-state index is 6.21. The van der Waals surface area contributed by atoms with E-state index in [9.17, 15) is 0 Å². The van der Waals surface area contributed by atoms with Crippen molar-refractivity contribution >= 4 is 17.3 Å².